The minimum Gasteiger partial charge on any atom is -0.228 e. The van der Waals surface area contributed by atoms with Crippen molar-refractivity contribution in [2.75, 3.05) is 17.9 Å². The van der Waals surface area contributed by atoms with Crippen molar-refractivity contribution in [3.63, 3.8) is 0 Å². The molecule has 1 fully saturated rings. The molecule has 1 aliphatic carbocycles. The lowest BCUT2D eigenvalue weighted by Gasteiger charge is -2.25. The van der Waals surface area contributed by atoms with Crippen LogP contribution in [0.15, 0.2) is 0 Å². The molecule has 1 rings (SSSR count). The Kier molecular flexibility index (Phi) is 5.42. The molecular formula is C9H18BrNO4S2. The Morgan fingerprint density at radius 1 is 1.12 bits per heavy atom. The summed E-state index contributed by atoms with van der Waals surface area (Å²) in [6, 6.07) is 0. The van der Waals surface area contributed by atoms with E-state index in [0.717, 1.165) is 31.9 Å². The smallest absolute Gasteiger partial charge is 0.226 e. The Morgan fingerprint density at radius 3 is 2.12 bits per heavy atom. The number of halogens is 1. The van der Waals surface area contributed by atoms with E-state index < -0.39 is 24.9 Å². The van der Waals surface area contributed by atoms with Gasteiger partial charge < -0.3 is 0 Å². The molecule has 0 heterocycles. The monoisotopic (exact) mass is 347 g/mol. The highest BCUT2D eigenvalue weighted by Crippen LogP contribution is 2.28. The number of sulfone groups is 1. The first-order valence-electron chi connectivity index (χ1n) is 5.47. The van der Waals surface area contributed by atoms with Crippen LogP contribution in [0.25, 0.3) is 0 Å². The molecule has 102 valence electrons. The van der Waals surface area contributed by atoms with E-state index >= 15 is 0 Å². The van der Waals surface area contributed by atoms with Crippen LogP contribution in [0.3, 0.4) is 0 Å². The van der Waals surface area contributed by atoms with Crippen molar-refractivity contribution < 1.29 is 16.8 Å². The highest BCUT2D eigenvalue weighted by Gasteiger charge is 2.23. The summed E-state index contributed by atoms with van der Waals surface area (Å²) in [4.78, 5) is 0.534. The second kappa shape index (κ2) is 5.99. The van der Waals surface area contributed by atoms with E-state index in [0.29, 0.717) is 17.3 Å². The summed E-state index contributed by atoms with van der Waals surface area (Å²) < 4.78 is 47.1. The molecule has 8 heteroatoms. The van der Waals surface area contributed by atoms with E-state index in [9.17, 15) is 16.8 Å². The number of hydrogen-bond donors (Lipinski definition) is 1. The fourth-order valence-corrected chi connectivity index (χ4v) is 5.50. The van der Waals surface area contributed by atoms with E-state index in [1.54, 1.807) is 0 Å². The van der Waals surface area contributed by atoms with Gasteiger partial charge in [0.05, 0.1) is 0 Å². The maximum absolute atomic E-state index is 11.5. The molecule has 0 aromatic rings. The summed E-state index contributed by atoms with van der Waals surface area (Å²) in [6.45, 7) is 0.345. The Balaban J connectivity index is 2.40. The highest BCUT2D eigenvalue weighted by molar-refractivity contribution is 9.09. The third-order valence-electron chi connectivity index (χ3n) is 2.74. The minimum absolute atomic E-state index is 0.318. The predicted molar refractivity (Wildman–Crippen MR) is 71.3 cm³/mol. The van der Waals surface area contributed by atoms with Crippen LogP contribution in [0, 0.1) is 5.92 Å². The zero-order valence-electron chi connectivity index (χ0n) is 9.72. The fraction of sp³-hybridized carbons (Fsp3) is 1.00. The summed E-state index contributed by atoms with van der Waals surface area (Å²) in [7, 11) is -7.20. The van der Waals surface area contributed by atoms with Crippen molar-refractivity contribution in [1.82, 2.24) is 4.72 Å². The van der Waals surface area contributed by atoms with Gasteiger partial charge in [-0.25, -0.2) is 21.6 Å². The predicted octanol–water partition coefficient (Wildman–Crippen LogP) is 0.862. The Bertz CT molecular complexity index is 438. The fourth-order valence-electron chi connectivity index (χ4n) is 1.89. The summed E-state index contributed by atoms with van der Waals surface area (Å²) in [5.74, 6) is 0.318. The van der Waals surface area contributed by atoms with Crippen LogP contribution in [0.5, 0.6) is 0 Å². The molecule has 0 atom stereocenters. The summed E-state index contributed by atoms with van der Waals surface area (Å²) >= 11 is 3.53. The largest absolute Gasteiger partial charge is 0.228 e. The molecular weight excluding hydrogens is 330 g/mol. The topological polar surface area (TPSA) is 80.3 Å². The Morgan fingerprint density at radius 2 is 1.65 bits per heavy atom. The quantitative estimate of drug-likeness (QED) is 0.748. The van der Waals surface area contributed by atoms with Crippen LogP contribution in [-0.4, -0.2) is 39.5 Å². The molecule has 0 unspecified atom stereocenters. The van der Waals surface area contributed by atoms with Gasteiger partial charge in [0.25, 0.3) is 0 Å². The van der Waals surface area contributed by atoms with Gasteiger partial charge in [0.15, 0.2) is 14.9 Å². The molecule has 0 radical (unpaired) electrons. The average molecular weight is 348 g/mol. The number of alkyl halides is 1. The molecule has 0 amide bonds. The Labute approximate surface area is 111 Å². The summed E-state index contributed by atoms with van der Waals surface area (Å²) in [6.07, 6.45) is 4.94. The van der Waals surface area contributed by atoms with Crippen molar-refractivity contribution in [3.8, 4) is 0 Å². The summed E-state index contributed by atoms with van der Waals surface area (Å²) in [5, 5.41) is -0.826. The second-order valence-electron chi connectivity index (χ2n) is 4.62. The zero-order chi connectivity index (χ0) is 13.1. The highest BCUT2D eigenvalue weighted by atomic mass is 79.9. The van der Waals surface area contributed by atoms with Crippen LogP contribution in [0.1, 0.15) is 25.7 Å². The van der Waals surface area contributed by atoms with Crippen LogP contribution < -0.4 is 4.72 Å². The van der Waals surface area contributed by atoms with Crippen molar-refractivity contribution >= 4 is 35.8 Å². The zero-order valence-corrected chi connectivity index (χ0v) is 12.9. The van der Waals surface area contributed by atoms with Crippen LogP contribution >= 0.6 is 15.9 Å². The van der Waals surface area contributed by atoms with Crippen molar-refractivity contribution in [3.05, 3.63) is 0 Å². The molecule has 1 aliphatic rings. The molecule has 1 N–H and O–H groups in total. The van der Waals surface area contributed by atoms with Gasteiger partial charge in [0, 0.05) is 17.6 Å². The van der Waals surface area contributed by atoms with Crippen molar-refractivity contribution in [2.45, 2.75) is 30.5 Å². The number of rotatable bonds is 5. The molecule has 5 nitrogen and oxygen atoms in total. The molecule has 0 aromatic heterocycles. The van der Waals surface area contributed by atoms with Gasteiger partial charge in [-0.15, -0.1) is 0 Å². The number of sulfonamides is 1. The lowest BCUT2D eigenvalue weighted by molar-refractivity contribution is 0.366. The Hall–Kier alpha value is 0.340. The van der Waals surface area contributed by atoms with Gasteiger partial charge in [-0.1, -0.05) is 15.9 Å². The van der Waals surface area contributed by atoms with E-state index in [2.05, 4.69) is 20.7 Å². The normalized spacial score (nSPS) is 26.9. The first-order valence-corrected chi connectivity index (χ1v) is 10.1. The maximum Gasteiger partial charge on any atom is 0.226 e. The average Bonchev–Trinajstić information content (AvgIpc) is 2.13. The maximum atomic E-state index is 11.5. The number of nitrogens with one attached hydrogen (secondary N) is 1. The molecule has 0 saturated heterocycles. The van der Waals surface area contributed by atoms with Gasteiger partial charge in [0.2, 0.25) is 10.0 Å². The van der Waals surface area contributed by atoms with E-state index in [1.165, 1.54) is 0 Å². The summed E-state index contributed by atoms with van der Waals surface area (Å²) in [5.41, 5.74) is 0. The first-order chi connectivity index (χ1) is 7.68. The van der Waals surface area contributed by atoms with Gasteiger partial charge in [0.1, 0.15) is 0 Å². The molecule has 0 spiro atoms. The molecule has 0 aliphatic heterocycles. The van der Waals surface area contributed by atoms with E-state index in [1.807, 2.05) is 0 Å². The molecule has 0 bridgehead atoms. The van der Waals surface area contributed by atoms with Gasteiger partial charge in [-0.3, -0.25) is 0 Å². The van der Waals surface area contributed by atoms with Gasteiger partial charge in [-0.05, 0) is 31.6 Å². The number of hydrogen-bond acceptors (Lipinski definition) is 4. The SMILES string of the molecule is CS(=O)(=O)CS(=O)(=O)NCC1CCC(Br)CC1. The van der Waals surface area contributed by atoms with Crippen LogP contribution in [0.2, 0.25) is 0 Å². The van der Waals surface area contributed by atoms with Crippen molar-refractivity contribution in [1.29, 1.82) is 0 Å². The third-order valence-corrected chi connectivity index (χ3v) is 7.21. The van der Waals surface area contributed by atoms with Gasteiger partial charge in [-0.2, -0.15) is 0 Å². The van der Waals surface area contributed by atoms with Crippen LogP contribution in [-0.2, 0) is 19.9 Å². The second-order valence-corrected chi connectivity index (χ2v) is 10.2. The van der Waals surface area contributed by atoms with E-state index in [-0.39, 0.29) is 0 Å². The molecule has 0 aromatic carbocycles. The lowest BCUT2D eigenvalue weighted by atomic mass is 9.89. The van der Waals surface area contributed by atoms with Crippen LogP contribution in [0.4, 0.5) is 0 Å². The minimum atomic E-state index is -3.70. The molecule has 1 saturated carbocycles. The van der Waals surface area contributed by atoms with Crippen molar-refractivity contribution in [2.24, 2.45) is 5.92 Å². The third kappa shape index (κ3) is 6.73. The molecule has 17 heavy (non-hydrogen) atoms. The van der Waals surface area contributed by atoms with Gasteiger partial charge >= 0.3 is 0 Å². The first kappa shape index (κ1) is 15.4. The standard InChI is InChI=1S/C9H18BrNO4S2/c1-16(12,13)7-17(14,15)11-6-8-2-4-9(10)5-3-8/h8-9,11H,2-7H2,1H3. The van der Waals surface area contributed by atoms with E-state index in [4.69, 9.17) is 0 Å². The lowest BCUT2D eigenvalue weighted by Crippen LogP contribution is -2.34.